The molecule has 1 fully saturated rings. The number of likely N-dealkylation sites (tertiary alicyclic amines) is 1. The highest BCUT2D eigenvalue weighted by molar-refractivity contribution is 6.33. The van der Waals surface area contributed by atoms with Crippen molar-refractivity contribution in [2.45, 2.75) is 32.7 Å². The van der Waals surface area contributed by atoms with E-state index in [4.69, 9.17) is 16.3 Å². The molecule has 1 saturated heterocycles. The molecule has 1 aromatic carbocycles. The fourth-order valence-corrected chi connectivity index (χ4v) is 2.96. The third-order valence-electron chi connectivity index (χ3n) is 4.13. The number of esters is 1. The number of anilines is 1. The van der Waals surface area contributed by atoms with Gasteiger partial charge in [-0.25, -0.2) is 0 Å². The number of halogens is 1. The van der Waals surface area contributed by atoms with Gasteiger partial charge in [0, 0.05) is 6.54 Å². The molecule has 23 heavy (non-hydrogen) atoms. The number of piperidine rings is 1. The molecule has 2 atom stereocenters. The summed E-state index contributed by atoms with van der Waals surface area (Å²) in [5, 5.41) is 3.36. The van der Waals surface area contributed by atoms with Crippen LogP contribution in [0.3, 0.4) is 0 Å². The van der Waals surface area contributed by atoms with Crippen LogP contribution in [-0.4, -0.2) is 42.5 Å². The summed E-state index contributed by atoms with van der Waals surface area (Å²) >= 11 is 6.07. The van der Waals surface area contributed by atoms with Gasteiger partial charge in [0.15, 0.2) is 0 Å². The Hall–Kier alpha value is -1.59. The van der Waals surface area contributed by atoms with Crippen molar-refractivity contribution >= 4 is 29.2 Å². The largest absolute Gasteiger partial charge is 0.466 e. The molecule has 0 radical (unpaired) electrons. The lowest BCUT2D eigenvalue weighted by Crippen LogP contribution is -2.48. The van der Waals surface area contributed by atoms with Crippen molar-refractivity contribution in [3.63, 3.8) is 0 Å². The van der Waals surface area contributed by atoms with Crippen LogP contribution in [-0.2, 0) is 14.3 Å². The molecule has 2 rings (SSSR count). The molecule has 6 heteroatoms. The minimum absolute atomic E-state index is 0.123. The Bertz CT molecular complexity index is 565. The predicted octanol–water partition coefficient (Wildman–Crippen LogP) is 2.94. The minimum atomic E-state index is -0.330. The number of para-hydroxylation sites is 1. The summed E-state index contributed by atoms with van der Waals surface area (Å²) in [6, 6.07) is 6.81. The highest BCUT2D eigenvalue weighted by Crippen LogP contribution is 2.23. The lowest BCUT2D eigenvalue weighted by Gasteiger charge is -2.35. The van der Waals surface area contributed by atoms with E-state index in [0.29, 0.717) is 23.9 Å². The molecule has 0 aromatic heterocycles. The van der Waals surface area contributed by atoms with Gasteiger partial charge < -0.3 is 10.1 Å². The summed E-state index contributed by atoms with van der Waals surface area (Å²) in [4.78, 5) is 26.4. The number of carbonyl (C=O) groups excluding carboxylic acids is 2. The van der Waals surface area contributed by atoms with Gasteiger partial charge in [0.25, 0.3) is 0 Å². The lowest BCUT2D eigenvalue weighted by atomic mass is 9.97. The van der Waals surface area contributed by atoms with Crippen molar-refractivity contribution in [3.8, 4) is 0 Å². The highest BCUT2D eigenvalue weighted by atomic mass is 35.5. The molecule has 126 valence electrons. The maximum absolute atomic E-state index is 12.4. The number of hydrogen-bond donors (Lipinski definition) is 1. The van der Waals surface area contributed by atoms with Gasteiger partial charge in [-0.05, 0) is 45.4 Å². The fourth-order valence-electron chi connectivity index (χ4n) is 2.78. The van der Waals surface area contributed by atoms with Gasteiger partial charge in [0.05, 0.1) is 29.3 Å². The van der Waals surface area contributed by atoms with Crippen LogP contribution in [0.15, 0.2) is 24.3 Å². The molecule has 1 aliphatic rings. The summed E-state index contributed by atoms with van der Waals surface area (Å²) in [7, 11) is 0. The SMILES string of the molecule is CCOC(=O)[C@H]1CCCN([C@@H](C)C(=O)Nc2ccccc2Cl)C1. The topological polar surface area (TPSA) is 58.6 Å². The Balaban J connectivity index is 1.96. The average molecular weight is 339 g/mol. The Morgan fingerprint density at radius 2 is 2.17 bits per heavy atom. The third kappa shape index (κ3) is 4.69. The van der Waals surface area contributed by atoms with Crippen LogP contribution in [0, 0.1) is 5.92 Å². The van der Waals surface area contributed by atoms with Crippen LogP contribution in [0.2, 0.25) is 5.02 Å². The first-order valence-electron chi connectivity index (χ1n) is 7.99. The van der Waals surface area contributed by atoms with E-state index in [-0.39, 0.29) is 23.8 Å². The van der Waals surface area contributed by atoms with Gasteiger partial charge >= 0.3 is 5.97 Å². The molecule has 1 aliphatic heterocycles. The number of ether oxygens (including phenoxy) is 1. The van der Waals surface area contributed by atoms with E-state index in [1.807, 2.05) is 24.0 Å². The molecule has 1 amide bonds. The van der Waals surface area contributed by atoms with E-state index in [1.165, 1.54) is 0 Å². The van der Waals surface area contributed by atoms with E-state index in [0.717, 1.165) is 19.4 Å². The van der Waals surface area contributed by atoms with Crippen molar-refractivity contribution in [2.75, 3.05) is 25.0 Å². The van der Waals surface area contributed by atoms with E-state index in [2.05, 4.69) is 5.32 Å². The van der Waals surface area contributed by atoms with Crippen molar-refractivity contribution < 1.29 is 14.3 Å². The zero-order valence-corrected chi connectivity index (χ0v) is 14.3. The summed E-state index contributed by atoms with van der Waals surface area (Å²) in [5.41, 5.74) is 0.602. The number of benzene rings is 1. The Morgan fingerprint density at radius 1 is 1.43 bits per heavy atom. The summed E-state index contributed by atoms with van der Waals surface area (Å²) in [6.45, 7) is 5.39. The van der Waals surface area contributed by atoms with Gasteiger partial charge in [-0.1, -0.05) is 23.7 Å². The zero-order chi connectivity index (χ0) is 16.8. The highest BCUT2D eigenvalue weighted by Gasteiger charge is 2.31. The predicted molar refractivity (Wildman–Crippen MR) is 90.5 cm³/mol. The van der Waals surface area contributed by atoms with Gasteiger partial charge in [0.2, 0.25) is 5.91 Å². The standard InChI is InChI=1S/C17H23ClN2O3/c1-3-23-17(22)13-7-6-10-20(11-13)12(2)16(21)19-15-9-5-4-8-14(15)18/h4-5,8-9,12-13H,3,6-7,10-11H2,1-2H3,(H,19,21)/t12-,13-/m0/s1. The lowest BCUT2D eigenvalue weighted by molar-refractivity contribution is -0.150. The maximum atomic E-state index is 12.4. The molecule has 0 unspecified atom stereocenters. The first kappa shape index (κ1) is 17.8. The zero-order valence-electron chi connectivity index (χ0n) is 13.5. The second-order valence-electron chi connectivity index (χ2n) is 5.73. The number of amides is 1. The van der Waals surface area contributed by atoms with Crippen molar-refractivity contribution in [1.82, 2.24) is 4.90 Å². The summed E-state index contributed by atoms with van der Waals surface area (Å²) < 4.78 is 5.10. The van der Waals surface area contributed by atoms with Crippen LogP contribution in [0.5, 0.6) is 0 Å². The van der Waals surface area contributed by atoms with Crippen molar-refractivity contribution in [1.29, 1.82) is 0 Å². The van der Waals surface area contributed by atoms with Crippen LogP contribution in [0.1, 0.15) is 26.7 Å². The quantitative estimate of drug-likeness (QED) is 0.839. The normalized spacial score (nSPS) is 19.9. The number of nitrogens with zero attached hydrogens (tertiary/aromatic N) is 1. The molecule has 0 bridgehead atoms. The third-order valence-corrected chi connectivity index (χ3v) is 4.46. The second kappa shape index (κ2) is 8.31. The van der Waals surface area contributed by atoms with Crippen molar-refractivity contribution in [2.24, 2.45) is 5.92 Å². The maximum Gasteiger partial charge on any atom is 0.310 e. The van der Waals surface area contributed by atoms with Crippen LogP contribution in [0.4, 0.5) is 5.69 Å². The van der Waals surface area contributed by atoms with E-state index >= 15 is 0 Å². The smallest absolute Gasteiger partial charge is 0.310 e. The Morgan fingerprint density at radius 3 is 2.87 bits per heavy atom. The van der Waals surface area contributed by atoms with Gasteiger partial charge in [-0.2, -0.15) is 0 Å². The number of hydrogen-bond acceptors (Lipinski definition) is 4. The number of nitrogens with one attached hydrogen (secondary N) is 1. The number of carbonyl (C=O) groups is 2. The van der Waals surface area contributed by atoms with E-state index in [9.17, 15) is 9.59 Å². The molecule has 5 nitrogen and oxygen atoms in total. The summed E-state index contributed by atoms with van der Waals surface area (Å²) in [6.07, 6.45) is 1.70. The number of rotatable bonds is 5. The molecule has 0 aliphatic carbocycles. The second-order valence-corrected chi connectivity index (χ2v) is 6.14. The van der Waals surface area contributed by atoms with Crippen LogP contribution >= 0.6 is 11.6 Å². The molecular weight excluding hydrogens is 316 g/mol. The van der Waals surface area contributed by atoms with Crippen molar-refractivity contribution in [3.05, 3.63) is 29.3 Å². The first-order valence-corrected chi connectivity index (χ1v) is 8.36. The Kier molecular flexibility index (Phi) is 6.42. The molecular formula is C17H23ClN2O3. The fraction of sp³-hybridized carbons (Fsp3) is 0.529. The van der Waals surface area contributed by atoms with E-state index in [1.54, 1.807) is 19.1 Å². The van der Waals surface area contributed by atoms with Crippen LogP contribution < -0.4 is 5.32 Å². The first-order chi connectivity index (χ1) is 11.0. The molecule has 0 saturated carbocycles. The van der Waals surface area contributed by atoms with Gasteiger partial charge in [0.1, 0.15) is 0 Å². The molecule has 1 aromatic rings. The molecule has 1 N–H and O–H groups in total. The van der Waals surface area contributed by atoms with Gasteiger partial charge in [-0.3, -0.25) is 14.5 Å². The van der Waals surface area contributed by atoms with Crippen LogP contribution in [0.25, 0.3) is 0 Å². The Labute approximate surface area is 141 Å². The summed E-state index contributed by atoms with van der Waals surface area (Å²) in [5.74, 6) is -0.446. The molecule has 0 spiro atoms. The van der Waals surface area contributed by atoms with E-state index < -0.39 is 0 Å². The molecule has 1 heterocycles. The minimum Gasteiger partial charge on any atom is -0.466 e. The average Bonchev–Trinajstić information content (AvgIpc) is 2.56. The van der Waals surface area contributed by atoms with Gasteiger partial charge in [-0.15, -0.1) is 0 Å². The monoisotopic (exact) mass is 338 g/mol.